The molecule has 2 rings (SSSR count). The molecule has 0 unspecified atom stereocenters. The number of esters is 1. The zero-order valence-corrected chi connectivity index (χ0v) is 14.5. The summed E-state index contributed by atoms with van der Waals surface area (Å²) in [7, 11) is -0.628. The van der Waals surface area contributed by atoms with Gasteiger partial charge in [-0.1, -0.05) is 0 Å². The van der Waals surface area contributed by atoms with Crippen molar-refractivity contribution in [1.82, 2.24) is 9.78 Å². The van der Waals surface area contributed by atoms with E-state index in [2.05, 4.69) is 5.10 Å². The van der Waals surface area contributed by atoms with Crippen molar-refractivity contribution >= 4 is 18.6 Å². The molecule has 0 radical (unpaired) electrons. The van der Waals surface area contributed by atoms with Crippen LogP contribution in [0.25, 0.3) is 0 Å². The van der Waals surface area contributed by atoms with E-state index >= 15 is 0 Å². The molecular weight excluding hydrogens is 283 g/mol. The fourth-order valence-electron chi connectivity index (χ4n) is 2.32. The molecule has 2 heterocycles. The van der Waals surface area contributed by atoms with Gasteiger partial charge in [0, 0.05) is 17.7 Å². The van der Waals surface area contributed by atoms with Gasteiger partial charge in [-0.05, 0) is 48.5 Å². The van der Waals surface area contributed by atoms with Gasteiger partial charge < -0.3 is 14.0 Å². The third kappa shape index (κ3) is 2.79. The maximum Gasteiger partial charge on any atom is 0.498 e. The molecule has 1 aromatic heterocycles. The molecule has 0 aromatic carbocycles. The molecule has 1 aliphatic rings. The smallest absolute Gasteiger partial charge is 0.461 e. The standard InChI is InChI=1S/C15H25BN2O4/c1-8-20-13(19)12-11(9-17-18(12)10(2)3)16-21-14(4,5)15(6,7)22-16/h9-10H,8H2,1-7H3. The summed E-state index contributed by atoms with van der Waals surface area (Å²) in [6.07, 6.45) is 1.63. The van der Waals surface area contributed by atoms with Crippen molar-refractivity contribution < 1.29 is 18.8 Å². The Morgan fingerprint density at radius 2 is 1.86 bits per heavy atom. The lowest BCUT2D eigenvalue weighted by Crippen LogP contribution is -2.41. The van der Waals surface area contributed by atoms with Gasteiger partial charge in [-0.3, -0.25) is 4.68 Å². The van der Waals surface area contributed by atoms with Crippen LogP contribution in [0.3, 0.4) is 0 Å². The van der Waals surface area contributed by atoms with Crippen LogP contribution in [0.15, 0.2) is 6.20 Å². The predicted molar refractivity (Wildman–Crippen MR) is 84.3 cm³/mol. The van der Waals surface area contributed by atoms with E-state index in [4.69, 9.17) is 14.0 Å². The minimum Gasteiger partial charge on any atom is -0.461 e. The average Bonchev–Trinajstić information content (AvgIpc) is 2.89. The zero-order valence-electron chi connectivity index (χ0n) is 14.5. The maximum absolute atomic E-state index is 12.3. The molecule has 0 N–H and O–H groups in total. The molecule has 7 heteroatoms. The van der Waals surface area contributed by atoms with E-state index in [1.807, 2.05) is 41.5 Å². The van der Waals surface area contributed by atoms with Crippen molar-refractivity contribution in [3.63, 3.8) is 0 Å². The number of rotatable bonds is 4. The van der Waals surface area contributed by atoms with E-state index in [0.717, 1.165) is 0 Å². The van der Waals surface area contributed by atoms with Crippen LogP contribution in [0.5, 0.6) is 0 Å². The molecule has 0 aliphatic carbocycles. The van der Waals surface area contributed by atoms with Gasteiger partial charge in [-0.25, -0.2) is 4.79 Å². The summed E-state index contributed by atoms with van der Waals surface area (Å²) in [6.45, 7) is 13.9. The lowest BCUT2D eigenvalue weighted by atomic mass is 9.79. The molecule has 0 bridgehead atoms. The first kappa shape index (κ1) is 17.0. The molecule has 122 valence electrons. The number of aromatic nitrogens is 2. The zero-order chi connectivity index (χ0) is 16.7. The van der Waals surface area contributed by atoms with Gasteiger partial charge in [0.1, 0.15) is 5.69 Å². The number of carbonyl (C=O) groups is 1. The maximum atomic E-state index is 12.3. The van der Waals surface area contributed by atoms with Crippen molar-refractivity contribution in [2.24, 2.45) is 0 Å². The van der Waals surface area contributed by atoms with Crippen molar-refractivity contribution in [2.75, 3.05) is 6.61 Å². The topological polar surface area (TPSA) is 62.6 Å². The first-order valence-electron chi connectivity index (χ1n) is 7.71. The SMILES string of the molecule is CCOC(=O)c1c(B2OC(C)(C)C(C)(C)O2)cnn1C(C)C. The lowest BCUT2D eigenvalue weighted by molar-refractivity contribution is 0.00578. The van der Waals surface area contributed by atoms with E-state index in [9.17, 15) is 4.79 Å². The largest absolute Gasteiger partial charge is 0.498 e. The van der Waals surface area contributed by atoms with Gasteiger partial charge >= 0.3 is 13.1 Å². The van der Waals surface area contributed by atoms with Gasteiger partial charge in [-0.2, -0.15) is 5.10 Å². The Labute approximate surface area is 132 Å². The van der Waals surface area contributed by atoms with Crippen LogP contribution in [0.4, 0.5) is 0 Å². The van der Waals surface area contributed by atoms with Crippen LogP contribution in [0, 0.1) is 0 Å². The second-order valence-electron chi connectivity index (χ2n) is 6.80. The fourth-order valence-corrected chi connectivity index (χ4v) is 2.32. The summed E-state index contributed by atoms with van der Waals surface area (Å²) in [5.74, 6) is -0.404. The molecule has 0 saturated carbocycles. The van der Waals surface area contributed by atoms with Crippen molar-refractivity contribution in [1.29, 1.82) is 0 Å². The molecule has 1 aliphatic heterocycles. The van der Waals surface area contributed by atoms with Crippen LogP contribution in [-0.4, -0.2) is 40.7 Å². The minimum atomic E-state index is -0.628. The van der Waals surface area contributed by atoms with Crippen molar-refractivity contribution in [2.45, 2.75) is 65.7 Å². The molecule has 22 heavy (non-hydrogen) atoms. The highest BCUT2D eigenvalue weighted by Gasteiger charge is 2.53. The second-order valence-corrected chi connectivity index (χ2v) is 6.80. The summed E-state index contributed by atoms with van der Waals surface area (Å²) in [5, 5.41) is 4.31. The molecule has 1 fully saturated rings. The Morgan fingerprint density at radius 3 is 2.32 bits per heavy atom. The second kappa shape index (κ2) is 5.70. The molecule has 0 spiro atoms. The summed E-state index contributed by atoms with van der Waals surface area (Å²) in [6, 6.07) is 0.0376. The summed E-state index contributed by atoms with van der Waals surface area (Å²) in [4.78, 5) is 12.3. The fraction of sp³-hybridized carbons (Fsp3) is 0.733. The number of carbonyl (C=O) groups excluding carboxylic acids is 1. The number of nitrogens with zero attached hydrogens (tertiary/aromatic N) is 2. The first-order chi connectivity index (χ1) is 10.1. The van der Waals surface area contributed by atoms with E-state index in [1.54, 1.807) is 17.8 Å². The van der Waals surface area contributed by atoms with Gasteiger partial charge in [0.2, 0.25) is 0 Å². The monoisotopic (exact) mass is 308 g/mol. The van der Waals surface area contributed by atoms with E-state index in [-0.39, 0.29) is 6.04 Å². The third-order valence-electron chi connectivity index (χ3n) is 4.29. The normalized spacial score (nSPS) is 19.7. The van der Waals surface area contributed by atoms with Gasteiger partial charge in [-0.15, -0.1) is 0 Å². The van der Waals surface area contributed by atoms with E-state index < -0.39 is 24.3 Å². The number of hydrogen-bond acceptors (Lipinski definition) is 5. The summed E-state index contributed by atoms with van der Waals surface area (Å²) < 4.78 is 18.9. The average molecular weight is 308 g/mol. The number of ether oxygens (including phenoxy) is 1. The first-order valence-corrected chi connectivity index (χ1v) is 7.71. The summed E-state index contributed by atoms with van der Waals surface area (Å²) in [5.41, 5.74) is 0.0775. The van der Waals surface area contributed by atoms with Gasteiger partial charge in [0.15, 0.2) is 0 Å². The minimum absolute atomic E-state index is 0.0376. The van der Waals surface area contributed by atoms with Crippen LogP contribution >= 0.6 is 0 Å². The van der Waals surface area contributed by atoms with E-state index in [1.165, 1.54) is 0 Å². The molecule has 0 atom stereocenters. The molecule has 1 saturated heterocycles. The van der Waals surface area contributed by atoms with E-state index in [0.29, 0.717) is 17.8 Å². The quantitative estimate of drug-likeness (QED) is 0.628. The lowest BCUT2D eigenvalue weighted by Gasteiger charge is -2.32. The highest BCUT2D eigenvalue weighted by molar-refractivity contribution is 6.63. The summed E-state index contributed by atoms with van der Waals surface area (Å²) >= 11 is 0. The number of hydrogen-bond donors (Lipinski definition) is 0. The Morgan fingerprint density at radius 1 is 1.32 bits per heavy atom. The Kier molecular flexibility index (Phi) is 4.41. The van der Waals surface area contributed by atoms with Crippen LogP contribution < -0.4 is 5.46 Å². The predicted octanol–water partition coefficient (Wildman–Crippen LogP) is 1.94. The Balaban J connectivity index is 2.42. The van der Waals surface area contributed by atoms with Crippen LogP contribution in [-0.2, 0) is 14.0 Å². The highest BCUT2D eigenvalue weighted by atomic mass is 16.7. The van der Waals surface area contributed by atoms with Gasteiger partial charge in [0.25, 0.3) is 0 Å². The van der Waals surface area contributed by atoms with Crippen molar-refractivity contribution in [3.8, 4) is 0 Å². The highest BCUT2D eigenvalue weighted by Crippen LogP contribution is 2.36. The molecular formula is C15H25BN2O4. The molecule has 1 aromatic rings. The Bertz CT molecular complexity index is 550. The van der Waals surface area contributed by atoms with Crippen LogP contribution in [0.2, 0.25) is 0 Å². The third-order valence-corrected chi connectivity index (χ3v) is 4.29. The molecule has 6 nitrogen and oxygen atoms in total. The van der Waals surface area contributed by atoms with Gasteiger partial charge in [0.05, 0.1) is 17.8 Å². The van der Waals surface area contributed by atoms with Crippen LogP contribution in [0.1, 0.15) is 65.0 Å². The van der Waals surface area contributed by atoms with Crippen molar-refractivity contribution in [3.05, 3.63) is 11.9 Å². The molecule has 0 amide bonds. The Hall–Kier alpha value is -1.34.